The van der Waals surface area contributed by atoms with Crippen molar-refractivity contribution >= 4 is 0 Å². The summed E-state index contributed by atoms with van der Waals surface area (Å²) in [5.41, 5.74) is -0.381. The van der Waals surface area contributed by atoms with Gasteiger partial charge in [-0.25, -0.2) is 0 Å². The van der Waals surface area contributed by atoms with E-state index in [0.29, 0.717) is 6.42 Å². The van der Waals surface area contributed by atoms with Gasteiger partial charge in [0, 0.05) is 0 Å². The molecule has 49 heavy (non-hydrogen) atoms. The van der Waals surface area contributed by atoms with Crippen LogP contribution in [0.2, 0.25) is 0 Å². The smallest absolute Gasteiger partial charge is 0.136 e. The predicted molar refractivity (Wildman–Crippen MR) is 209 cm³/mol. The quantitative estimate of drug-likeness (QED) is 0.0430. The predicted octanol–water partition coefficient (Wildman–Crippen LogP) is 11.9. The molecule has 0 saturated carbocycles. The highest BCUT2D eigenvalue weighted by Crippen LogP contribution is 2.47. The van der Waals surface area contributed by atoms with Crippen LogP contribution in [-0.4, -0.2) is 33.1 Å². The summed E-state index contributed by atoms with van der Waals surface area (Å²) in [6.07, 6.45) is 25.0. The van der Waals surface area contributed by atoms with Crippen LogP contribution in [-0.2, 0) is 5.41 Å². The molecule has 0 bridgehead atoms. The van der Waals surface area contributed by atoms with Crippen LogP contribution < -0.4 is 0 Å². The Balaban J connectivity index is 1.66. The lowest BCUT2D eigenvalue weighted by Gasteiger charge is -2.47. The lowest BCUT2D eigenvalue weighted by Crippen LogP contribution is -2.60. The van der Waals surface area contributed by atoms with Crippen LogP contribution in [0.5, 0.6) is 0 Å². The second-order valence-electron chi connectivity index (χ2n) is 14.3. The zero-order valence-corrected chi connectivity index (χ0v) is 31.0. The van der Waals surface area contributed by atoms with Gasteiger partial charge < -0.3 is 15.3 Å². The zero-order valence-electron chi connectivity index (χ0n) is 31.0. The van der Waals surface area contributed by atoms with E-state index in [4.69, 9.17) is 0 Å². The van der Waals surface area contributed by atoms with E-state index in [-0.39, 0.29) is 0 Å². The first-order chi connectivity index (χ1) is 24.0. The van der Waals surface area contributed by atoms with Crippen molar-refractivity contribution in [3.63, 3.8) is 0 Å². The molecule has 0 spiro atoms. The van der Waals surface area contributed by atoms with E-state index in [9.17, 15) is 15.3 Å². The third-order valence-corrected chi connectivity index (χ3v) is 10.5. The van der Waals surface area contributed by atoms with Crippen molar-refractivity contribution in [3.05, 3.63) is 120 Å². The monoisotopic (exact) mass is 669 g/mol. The SMILES string of the molecule is CCCCC=CC(O)(C(O)CCCCCCCCCCCCCCCCCC)C(O)C(c1ccccc1)(c1ccccc1)c1ccccc1. The van der Waals surface area contributed by atoms with E-state index >= 15 is 0 Å². The maximum atomic E-state index is 12.7. The Morgan fingerprint density at radius 3 is 1.20 bits per heavy atom. The molecular formula is C46H68O3. The molecule has 3 aromatic carbocycles. The minimum absolute atomic E-state index is 0.429. The molecule has 0 radical (unpaired) electrons. The molecule has 0 amide bonds. The van der Waals surface area contributed by atoms with Crippen LogP contribution in [0.15, 0.2) is 103 Å². The maximum absolute atomic E-state index is 12.7. The Hall–Kier alpha value is -2.72. The summed E-state index contributed by atoms with van der Waals surface area (Å²) < 4.78 is 0. The number of benzene rings is 3. The van der Waals surface area contributed by atoms with Crippen LogP contribution in [0.25, 0.3) is 0 Å². The molecule has 3 rings (SSSR count). The summed E-state index contributed by atoms with van der Waals surface area (Å²) in [4.78, 5) is 0. The molecule has 0 aliphatic carbocycles. The van der Waals surface area contributed by atoms with Crippen LogP contribution >= 0.6 is 0 Å². The molecule has 0 fully saturated rings. The average molecular weight is 669 g/mol. The van der Waals surface area contributed by atoms with Crippen molar-refractivity contribution in [2.75, 3.05) is 0 Å². The van der Waals surface area contributed by atoms with Crippen molar-refractivity contribution < 1.29 is 15.3 Å². The van der Waals surface area contributed by atoms with Crippen LogP contribution in [0.4, 0.5) is 0 Å². The van der Waals surface area contributed by atoms with Gasteiger partial charge in [-0.3, -0.25) is 0 Å². The van der Waals surface area contributed by atoms with Crippen molar-refractivity contribution in [2.45, 2.75) is 165 Å². The van der Waals surface area contributed by atoms with Crippen molar-refractivity contribution in [1.82, 2.24) is 0 Å². The van der Waals surface area contributed by atoms with E-state index in [2.05, 4.69) is 13.8 Å². The number of allylic oxidation sites excluding steroid dienone is 1. The Morgan fingerprint density at radius 1 is 0.490 bits per heavy atom. The van der Waals surface area contributed by atoms with Gasteiger partial charge >= 0.3 is 0 Å². The highest BCUT2D eigenvalue weighted by atomic mass is 16.4. The van der Waals surface area contributed by atoms with Gasteiger partial charge in [0.1, 0.15) is 11.7 Å². The molecular weight excluding hydrogens is 601 g/mol. The molecule has 0 saturated heterocycles. The normalized spacial score (nSPS) is 14.6. The summed E-state index contributed by atoms with van der Waals surface area (Å²) >= 11 is 0. The van der Waals surface area contributed by atoms with Gasteiger partial charge in [-0.1, -0.05) is 233 Å². The number of unbranched alkanes of at least 4 members (excludes halogenated alkanes) is 17. The third kappa shape index (κ3) is 12.5. The van der Waals surface area contributed by atoms with Crippen LogP contribution in [0.3, 0.4) is 0 Å². The Kier molecular flexibility index (Phi) is 19.6. The van der Waals surface area contributed by atoms with Crippen molar-refractivity contribution in [1.29, 1.82) is 0 Å². The first-order valence-electron chi connectivity index (χ1n) is 19.9. The van der Waals surface area contributed by atoms with Gasteiger partial charge in [0.15, 0.2) is 0 Å². The molecule has 3 aromatic rings. The average Bonchev–Trinajstić information content (AvgIpc) is 3.14. The first-order valence-corrected chi connectivity index (χ1v) is 19.9. The molecule has 0 heterocycles. The molecule has 3 N–H and O–H groups in total. The van der Waals surface area contributed by atoms with E-state index in [0.717, 1.165) is 55.2 Å². The van der Waals surface area contributed by atoms with Crippen LogP contribution in [0, 0.1) is 0 Å². The Bertz CT molecular complexity index is 1140. The summed E-state index contributed by atoms with van der Waals surface area (Å²) in [6.45, 7) is 4.42. The summed E-state index contributed by atoms with van der Waals surface area (Å²) in [6, 6.07) is 29.9. The van der Waals surface area contributed by atoms with Crippen molar-refractivity contribution in [3.8, 4) is 0 Å². The summed E-state index contributed by atoms with van der Waals surface area (Å²) in [5.74, 6) is 0. The van der Waals surface area contributed by atoms with Gasteiger partial charge in [-0.2, -0.15) is 0 Å². The van der Waals surface area contributed by atoms with Gasteiger partial charge in [-0.05, 0) is 29.5 Å². The number of aliphatic hydroxyl groups is 3. The highest BCUT2D eigenvalue weighted by molar-refractivity contribution is 5.53. The standard InChI is InChI=1S/C46H68O3/c1-3-5-7-9-10-11-12-13-14-15-16-17-18-19-20-30-38-43(47)45(49,39-31-8-6-4-2)44(48)46(40-32-24-21-25-33-40,41-34-26-22-27-35-41)42-36-28-23-29-37-42/h21-29,31-37,39,43-44,47-49H,3-20,30,38H2,1-2H3. The molecule has 0 aliphatic rings. The molecule has 270 valence electrons. The lowest BCUT2D eigenvalue weighted by atomic mass is 9.60. The summed E-state index contributed by atoms with van der Waals surface area (Å²) in [7, 11) is 0. The number of rotatable bonds is 27. The molecule has 3 unspecified atom stereocenters. The molecule has 0 aromatic heterocycles. The van der Waals surface area contributed by atoms with Gasteiger partial charge in [0.05, 0.1) is 11.5 Å². The second-order valence-corrected chi connectivity index (χ2v) is 14.3. The lowest BCUT2D eigenvalue weighted by molar-refractivity contribution is -0.132. The van der Waals surface area contributed by atoms with E-state index < -0.39 is 23.2 Å². The van der Waals surface area contributed by atoms with Crippen LogP contribution in [0.1, 0.15) is 159 Å². The number of hydrogen-bond donors (Lipinski definition) is 3. The number of hydrogen-bond acceptors (Lipinski definition) is 3. The molecule has 3 heteroatoms. The second kappa shape index (κ2) is 23.6. The van der Waals surface area contributed by atoms with Gasteiger partial charge in [0.25, 0.3) is 0 Å². The largest absolute Gasteiger partial charge is 0.390 e. The highest BCUT2D eigenvalue weighted by Gasteiger charge is 2.54. The minimum Gasteiger partial charge on any atom is -0.390 e. The minimum atomic E-state index is -1.87. The van der Waals surface area contributed by atoms with E-state index in [1.807, 2.05) is 97.1 Å². The van der Waals surface area contributed by atoms with Gasteiger partial charge in [-0.15, -0.1) is 0 Å². The first kappa shape index (κ1) is 40.7. The number of aliphatic hydroxyl groups excluding tert-OH is 2. The Labute approximate surface area is 299 Å². The summed E-state index contributed by atoms with van der Waals surface area (Å²) in [5, 5.41) is 37.2. The third-order valence-electron chi connectivity index (χ3n) is 10.5. The fourth-order valence-electron chi connectivity index (χ4n) is 7.52. The fourth-order valence-corrected chi connectivity index (χ4v) is 7.52. The van der Waals surface area contributed by atoms with Gasteiger partial charge in [0.2, 0.25) is 0 Å². The molecule has 3 atom stereocenters. The fraction of sp³-hybridized carbons (Fsp3) is 0.565. The van der Waals surface area contributed by atoms with E-state index in [1.165, 1.54) is 83.5 Å². The molecule has 0 aliphatic heterocycles. The topological polar surface area (TPSA) is 60.7 Å². The Morgan fingerprint density at radius 2 is 0.837 bits per heavy atom. The van der Waals surface area contributed by atoms with E-state index in [1.54, 1.807) is 6.08 Å². The molecule has 3 nitrogen and oxygen atoms in total. The maximum Gasteiger partial charge on any atom is 0.136 e. The van der Waals surface area contributed by atoms with Crippen molar-refractivity contribution in [2.24, 2.45) is 0 Å². The zero-order chi connectivity index (χ0) is 35.0.